The predicted molar refractivity (Wildman–Crippen MR) is 73.7 cm³/mol. The number of halogens is 1. The molecule has 1 saturated carbocycles. The van der Waals surface area contributed by atoms with Gasteiger partial charge in [0.1, 0.15) is 11.4 Å². The maximum Gasteiger partial charge on any atom is 0.124 e. The Balaban J connectivity index is 1.79. The van der Waals surface area contributed by atoms with Crippen LogP contribution >= 0.6 is 15.9 Å². The highest BCUT2D eigenvalue weighted by molar-refractivity contribution is 9.10. The molecule has 0 saturated heterocycles. The Hall–Kier alpha value is -0.580. The van der Waals surface area contributed by atoms with Gasteiger partial charge in [0, 0.05) is 41.9 Å². The highest BCUT2D eigenvalue weighted by Gasteiger charge is 2.50. The molecule has 1 fully saturated rings. The van der Waals surface area contributed by atoms with E-state index >= 15 is 0 Å². The van der Waals surface area contributed by atoms with Gasteiger partial charge in [-0.05, 0) is 25.1 Å². The molecule has 1 aromatic carbocycles. The maximum atomic E-state index is 6.28. The zero-order chi connectivity index (χ0) is 12.8. The second kappa shape index (κ2) is 4.51. The second-order valence-corrected chi connectivity index (χ2v) is 6.18. The third-order valence-corrected chi connectivity index (χ3v) is 4.38. The van der Waals surface area contributed by atoms with E-state index in [-0.39, 0.29) is 11.6 Å². The number of rotatable bonds is 2. The molecular weight excluding hydrogens is 294 g/mol. The van der Waals surface area contributed by atoms with Crippen molar-refractivity contribution in [2.24, 2.45) is 5.73 Å². The highest BCUT2D eigenvalue weighted by Crippen LogP contribution is 2.49. The van der Waals surface area contributed by atoms with Crippen LogP contribution < -0.4 is 10.5 Å². The Morgan fingerprint density at radius 1 is 1.44 bits per heavy atom. The summed E-state index contributed by atoms with van der Waals surface area (Å²) in [5.74, 6) is 0.937. The van der Waals surface area contributed by atoms with Gasteiger partial charge in [0.25, 0.3) is 0 Å². The Morgan fingerprint density at radius 2 is 2.22 bits per heavy atom. The molecule has 1 aliphatic heterocycles. The van der Waals surface area contributed by atoms with Gasteiger partial charge < -0.3 is 15.2 Å². The topological polar surface area (TPSA) is 44.5 Å². The summed E-state index contributed by atoms with van der Waals surface area (Å²) in [4.78, 5) is 0. The van der Waals surface area contributed by atoms with Crippen molar-refractivity contribution in [3.8, 4) is 5.75 Å². The molecule has 1 heterocycles. The van der Waals surface area contributed by atoms with Gasteiger partial charge in [0.05, 0.1) is 6.10 Å². The number of hydrogen-bond acceptors (Lipinski definition) is 3. The van der Waals surface area contributed by atoms with Crippen LogP contribution in [-0.2, 0) is 4.74 Å². The maximum absolute atomic E-state index is 6.28. The summed E-state index contributed by atoms with van der Waals surface area (Å²) in [5, 5.41) is 0. The van der Waals surface area contributed by atoms with Crippen LogP contribution in [0.5, 0.6) is 5.75 Å². The molecule has 0 bridgehead atoms. The Kier molecular flexibility index (Phi) is 3.12. The number of hydrogen-bond donors (Lipinski definition) is 1. The van der Waals surface area contributed by atoms with Gasteiger partial charge >= 0.3 is 0 Å². The molecule has 2 aliphatic rings. The summed E-state index contributed by atoms with van der Waals surface area (Å²) in [6.45, 7) is 2.81. The van der Waals surface area contributed by atoms with E-state index in [2.05, 4.69) is 22.0 Å². The summed E-state index contributed by atoms with van der Waals surface area (Å²) >= 11 is 3.48. The smallest absolute Gasteiger partial charge is 0.124 e. The monoisotopic (exact) mass is 311 g/mol. The fraction of sp³-hybridized carbons (Fsp3) is 0.571. The molecule has 0 amide bonds. The number of benzene rings is 1. The minimum absolute atomic E-state index is 0.0637. The van der Waals surface area contributed by atoms with Crippen LogP contribution in [0.15, 0.2) is 22.7 Å². The molecule has 4 heteroatoms. The van der Waals surface area contributed by atoms with Crippen LogP contribution in [0.4, 0.5) is 0 Å². The fourth-order valence-electron chi connectivity index (χ4n) is 3.06. The van der Waals surface area contributed by atoms with Crippen molar-refractivity contribution in [1.29, 1.82) is 0 Å². The van der Waals surface area contributed by atoms with Crippen molar-refractivity contribution in [3.63, 3.8) is 0 Å². The fourth-order valence-corrected chi connectivity index (χ4v) is 3.44. The van der Waals surface area contributed by atoms with E-state index in [1.165, 1.54) is 0 Å². The van der Waals surface area contributed by atoms with Gasteiger partial charge in [-0.3, -0.25) is 0 Å². The average molecular weight is 312 g/mol. The standard InChI is InChI=1S/C14H18BrNO2/c1-2-17-10-6-14(7-10)8-12(16)11-5-9(15)3-4-13(11)18-14/h3-5,10,12H,2,6-8,16H2,1H3/t10?,12-,14?/m1/s1. The third-order valence-electron chi connectivity index (χ3n) is 3.89. The second-order valence-electron chi connectivity index (χ2n) is 5.26. The Bertz CT molecular complexity index is 457. The van der Waals surface area contributed by atoms with E-state index in [0.717, 1.165) is 41.7 Å². The molecule has 1 aromatic rings. The molecule has 1 spiro atoms. The van der Waals surface area contributed by atoms with Gasteiger partial charge in [-0.2, -0.15) is 0 Å². The SMILES string of the molecule is CCOC1CC2(C1)C[C@@H](N)c1cc(Br)ccc1O2. The molecule has 1 atom stereocenters. The molecule has 3 rings (SSSR count). The van der Waals surface area contributed by atoms with Crippen molar-refractivity contribution in [1.82, 2.24) is 0 Å². The normalized spacial score (nSPS) is 33.7. The molecule has 1 aliphatic carbocycles. The van der Waals surface area contributed by atoms with E-state index in [9.17, 15) is 0 Å². The van der Waals surface area contributed by atoms with Crippen LogP contribution in [0.25, 0.3) is 0 Å². The number of nitrogens with two attached hydrogens (primary N) is 1. The molecular formula is C14H18BrNO2. The molecule has 0 unspecified atom stereocenters. The lowest BCUT2D eigenvalue weighted by molar-refractivity contribution is -0.134. The summed E-state index contributed by atoms with van der Waals surface area (Å²) in [6.07, 6.45) is 3.16. The van der Waals surface area contributed by atoms with E-state index in [1.807, 2.05) is 19.1 Å². The minimum Gasteiger partial charge on any atom is -0.487 e. The van der Waals surface area contributed by atoms with E-state index in [0.29, 0.717) is 6.10 Å². The molecule has 18 heavy (non-hydrogen) atoms. The number of ether oxygens (including phenoxy) is 2. The van der Waals surface area contributed by atoms with Crippen LogP contribution in [-0.4, -0.2) is 18.3 Å². The zero-order valence-electron chi connectivity index (χ0n) is 10.5. The van der Waals surface area contributed by atoms with Gasteiger partial charge in [-0.15, -0.1) is 0 Å². The lowest BCUT2D eigenvalue weighted by Crippen LogP contribution is -2.55. The molecule has 3 nitrogen and oxygen atoms in total. The average Bonchev–Trinajstić information content (AvgIpc) is 2.29. The lowest BCUT2D eigenvalue weighted by Gasteiger charge is -2.51. The molecule has 0 aromatic heterocycles. The van der Waals surface area contributed by atoms with E-state index < -0.39 is 0 Å². The predicted octanol–water partition coefficient (Wildman–Crippen LogP) is 3.17. The van der Waals surface area contributed by atoms with Crippen molar-refractivity contribution < 1.29 is 9.47 Å². The van der Waals surface area contributed by atoms with Gasteiger partial charge in [-0.1, -0.05) is 15.9 Å². The van der Waals surface area contributed by atoms with Crippen LogP contribution in [0.2, 0.25) is 0 Å². The quantitative estimate of drug-likeness (QED) is 0.912. The first kappa shape index (κ1) is 12.5. The highest BCUT2D eigenvalue weighted by atomic mass is 79.9. The van der Waals surface area contributed by atoms with Gasteiger partial charge in [-0.25, -0.2) is 0 Å². The number of fused-ring (bicyclic) bond motifs is 1. The lowest BCUT2D eigenvalue weighted by atomic mass is 9.71. The van der Waals surface area contributed by atoms with Crippen molar-refractivity contribution >= 4 is 15.9 Å². The Morgan fingerprint density at radius 3 is 2.94 bits per heavy atom. The molecule has 0 radical (unpaired) electrons. The summed E-state index contributed by atoms with van der Waals surface area (Å²) in [5.41, 5.74) is 7.30. The van der Waals surface area contributed by atoms with Crippen LogP contribution in [0.3, 0.4) is 0 Å². The van der Waals surface area contributed by atoms with Crippen molar-refractivity contribution in [2.75, 3.05) is 6.61 Å². The largest absolute Gasteiger partial charge is 0.487 e. The van der Waals surface area contributed by atoms with Crippen molar-refractivity contribution in [3.05, 3.63) is 28.2 Å². The zero-order valence-corrected chi connectivity index (χ0v) is 12.1. The first-order valence-electron chi connectivity index (χ1n) is 6.47. The van der Waals surface area contributed by atoms with Crippen molar-refractivity contribution in [2.45, 2.75) is 43.9 Å². The van der Waals surface area contributed by atoms with E-state index in [4.69, 9.17) is 15.2 Å². The molecule has 98 valence electrons. The van der Waals surface area contributed by atoms with E-state index in [1.54, 1.807) is 0 Å². The first-order chi connectivity index (χ1) is 8.62. The summed E-state index contributed by atoms with van der Waals surface area (Å²) in [6, 6.07) is 6.14. The summed E-state index contributed by atoms with van der Waals surface area (Å²) < 4.78 is 12.8. The summed E-state index contributed by atoms with van der Waals surface area (Å²) in [7, 11) is 0. The minimum atomic E-state index is -0.0833. The first-order valence-corrected chi connectivity index (χ1v) is 7.27. The van der Waals surface area contributed by atoms with Crippen LogP contribution in [0, 0.1) is 0 Å². The van der Waals surface area contributed by atoms with Crippen LogP contribution in [0.1, 0.15) is 37.8 Å². The van der Waals surface area contributed by atoms with Gasteiger partial charge in [0.2, 0.25) is 0 Å². The van der Waals surface area contributed by atoms with Gasteiger partial charge in [0.15, 0.2) is 0 Å². The molecule has 2 N–H and O–H groups in total. The third kappa shape index (κ3) is 2.06. The Labute approximate surface area is 116 Å².